The van der Waals surface area contributed by atoms with Crippen LogP contribution in [0.1, 0.15) is 0 Å². The molecule has 6 nitrogen and oxygen atoms in total. The van der Waals surface area contributed by atoms with Gasteiger partial charge in [-0.2, -0.15) is 5.10 Å². The van der Waals surface area contributed by atoms with Crippen LogP contribution in [0, 0.1) is 0 Å². The average molecular weight is 348 g/mol. The highest BCUT2D eigenvalue weighted by Crippen LogP contribution is 2.24. The molecule has 0 aliphatic rings. The second-order valence-electron chi connectivity index (χ2n) is 5.34. The number of H-pyrrole nitrogens is 1. The van der Waals surface area contributed by atoms with Crippen molar-refractivity contribution in [3.8, 4) is 11.4 Å². The highest BCUT2D eigenvalue weighted by molar-refractivity contribution is 7.99. The third kappa shape index (κ3) is 3.61. The number of nitrogens with one attached hydrogen (secondary N) is 2. The van der Waals surface area contributed by atoms with Gasteiger partial charge in [0.25, 0.3) is 0 Å². The van der Waals surface area contributed by atoms with E-state index in [-0.39, 0.29) is 0 Å². The fourth-order valence-corrected chi connectivity index (χ4v) is 3.15. The van der Waals surface area contributed by atoms with Crippen molar-refractivity contribution in [1.29, 1.82) is 0 Å². The molecule has 7 heteroatoms. The van der Waals surface area contributed by atoms with Gasteiger partial charge >= 0.3 is 0 Å². The van der Waals surface area contributed by atoms with Crippen LogP contribution < -0.4 is 5.32 Å². The SMILES string of the molecule is c1ccc(-c2nc(NCCSc3ncn[nH]3)c3ccccc3n2)cc1. The summed E-state index contributed by atoms with van der Waals surface area (Å²) in [6.07, 6.45) is 1.51. The summed E-state index contributed by atoms with van der Waals surface area (Å²) >= 11 is 1.62. The van der Waals surface area contributed by atoms with Gasteiger partial charge in [-0.15, -0.1) is 0 Å². The summed E-state index contributed by atoms with van der Waals surface area (Å²) in [4.78, 5) is 13.5. The number of hydrogen-bond acceptors (Lipinski definition) is 6. The lowest BCUT2D eigenvalue weighted by molar-refractivity contribution is 0.972. The maximum atomic E-state index is 4.74. The first-order valence-corrected chi connectivity index (χ1v) is 8.93. The lowest BCUT2D eigenvalue weighted by Crippen LogP contribution is -2.07. The van der Waals surface area contributed by atoms with Gasteiger partial charge in [0.05, 0.1) is 5.52 Å². The average Bonchev–Trinajstić information content (AvgIpc) is 3.19. The molecule has 2 heterocycles. The van der Waals surface area contributed by atoms with Crippen molar-refractivity contribution >= 4 is 28.5 Å². The highest BCUT2D eigenvalue weighted by atomic mass is 32.2. The van der Waals surface area contributed by atoms with Gasteiger partial charge in [0.15, 0.2) is 11.0 Å². The summed E-state index contributed by atoms with van der Waals surface area (Å²) in [5.74, 6) is 2.43. The molecule has 0 atom stereocenters. The molecule has 0 aliphatic carbocycles. The van der Waals surface area contributed by atoms with E-state index in [0.29, 0.717) is 0 Å². The van der Waals surface area contributed by atoms with Gasteiger partial charge in [0.2, 0.25) is 0 Å². The molecule has 0 unspecified atom stereocenters. The molecule has 0 bridgehead atoms. The van der Waals surface area contributed by atoms with E-state index in [2.05, 4.69) is 20.5 Å². The van der Waals surface area contributed by atoms with E-state index in [0.717, 1.165) is 45.6 Å². The number of thioether (sulfide) groups is 1. The van der Waals surface area contributed by atoms with Crippen molar-refractivity contribution in [2.75, 3.05) is 17.6 Å². The molecule has 0 amide bonds. The minimum Gasteiger partial charge on any atom is -0.369 e. The predicted octanol–water partition coefficient (Wildman–Crippen LogP) is 3.62. The zero-order valence-corrected chi connectivity index (χ0v) is 14.2. The van der Waals surface area contributed by atoms with Gasteiger partial charge in [-0.3, -0.25) is 5.10 Å². The standard InChI is InChI=1S/C18H16N6S/c1-2-6-13(7-3-1)16-22-15-9-5-4-8-14(15)17(23-16)19-10-11-25-18-20-12-21-24-18/h1-9,12H,10-11H2,(H,19,22,23)(H,20,21,24). The molecule has 124 valence electrons. The first kappa shape index (κ1) is 15.6. The van der Waals surface area contributed by atoms with Crippen molar-refractivity contribution in [3.63, 3.8) is 0 Å². The lowest BCUT2D eigenvalue weighted by Gasteiger charge is -2.10. The van der Waals surface area contributed by atoms with Gasteiger partial charge in [0.1, 0.15) is 12.1 Å². The topological polar surface area (TPSA) is 79.4 Å². The maximum Gasteiger partial charge on any atom is 0.183 e. The molecule has 25 heavy (non-hydrogen) atoms. The molecule has 0 saturated carbocycles. The molecule has 2 aromatic carbocycles. The van der Waals surface area contributed by atoms with E-state index < -0.39 is 0 Å². The molecule has 0 saturated heterocycles. The van der Waals surface area contributed by atoms with Crippen molar-refractivity contribution in [2.24, 2.45) is 0 Å². The van der Waals surface area contributed by atoms with Gasteiger partial charge in [-0.05, 0) is 12.1 Å². The molecule has 2 aromatic heterocycles. The number of nitrogens with zero attached hydrogens (tertiary/aromatic N) is 4. The Morgan fingerprint density at radius 3 is 2.64 bits per heavy atom. The summed E-state index contributed by atoms with van der Waals surface area (Å²) in [6.45, 7) is 0.764. The minimum atomic E-state index is 0.727. The largest absolute Gasteiger partial charge is 0.369 e. The zero-order valence-electron chi connectivity index (χ0n) is 13.4. The van der Waals surface area contributed by atoms with Crippen molar-refractivity contribution in [1.82, 2.24) is 25.1 Å². The monoisotopic (exact) mass is 348 g/mol. The van der Waals surface area contributed by atoms with Crippen LogP contribution in [0.15, 0.2) is 66.1 Å². The Balaban J connectivity index is 1.58. The number of aromatic nitrogens is 5. The molecule has 0 radical (unpaired) electrons. The number of hydrogen-bond donors (Lipinski definition) is 2. The molecular weight excluding hydrogens is 332 g/mol. The van der Waals surface area contributed by atoms with Crippen LogP contribution in [0.3, 0.4) is 0 Å². The van der Waals surface area contributed by atoms with Gasteiger partial charge in [-0.1, -0.05) is 54.2 Å². The first-order chi connectivity index (χ1) is 12.4. The van der Waals surface area contributed by atoms with Crippen LogP contribution in [0.2, 0.25) is 0 Å². The molecule has 0 spiro atoms. The predicted molar refractivity (Wildman–Crippen MR) is 101 cm³/mol. The summed E-state index contributed by atoms with van der Waals surface area (Å²) in [5, 5.41) is 12.0. The van der Waals surface area contributed by atoms with Gasteiger partial charge in [-0.25, -0.2) is 15.0 Å². The minimum absolute atomic E-state index is 0.727. The smallest absolute Gasteiger partial charge is 0.183 e. The highest BCUT2D eigenvalue weighted by Gasteiger charge is 2.09. The van der Waals surface area contributed by atoms with E-state index in [1.807, 2.05) is 54.6 Å². The Kier molecular flexibility index (Phi) is 4.56. The molecular formula is C18H16N6S. The quantitative estimate of drug-likeness (QED) is 0.409. The summed E-state index contributed by atoms with van der Waals surface area (Å²) in [6, 6.07) is 18.1. The Morgan fingerprint density at radius 1 is 0.960 bits per heavy atom. The Hall–Kier alpha value is -2.93. The third-order valence-electron chi connectivity index (χ3n) is 3.66. The number of benzene rings is 2. The van der Waals surface area contributed by atoms with Crippen LogP contribution in [0.5, 0.6) is 0 Å². The van der Waals surface area contributed by atoms with E-state index in [1.165, 1.54) is 6.33 Å². The number of aromatic amines is 1. The van der Waals surface area contributed by atoms with Gasteiger partial charge in [0, 0.05) is 23.2 Å². The van der Waals surface area contributed by atoms with Gasteiger partial charge < -0.3 is 5.32 Å². The van der Waals surface area contributed by atoms with Crippen LogP contribution in [0.4, 0.5) is 5.82 Å². The molecule has 2 N–H and O–H groups in total. The first-order valence-electron chi connectivity index (χ1n) is 7.94. The number of fused-ring (bicyclic) bond motifs is 1. The zero-order chi connectivity index (χ0) is 16.9. The van der Waals surface area contributed by atoms with Crippen molar-refractivity contribution in [2.45, 2.75) is 5.16 Å². The van der Waals surface area contributed by atoms with Crippen LogP contribution >= 0.6 is 11.8 Å². The van der Waals surface area contributed by atoms with E-state index in [9.17, 15) is 0 Å². The van der Waals surface area contributed by atoms with E-state index in [1.54, 1.807) is 11.8 Å². The Bertz CT molecular complexity index is 956. The normalized spacial score (nSPS) is 10.9. The maximum absolute atomic E-state index is 4.74. The fourth-order valence-electron chi connectivity index (χ4n) is 2.51. The number of anilines is 1. The number of rotatable bonds is 6. The third-order valence-corrected chi connectivity index (χ3v) is 4.54. The van der Waals surface area contributed by atoms with E-state index in [4.69, 9.17) is 9.97 Å². The lowest BCUT2D eigenvalue weighted by atomic mass is 10.2. The molecule has 0 fully saturated rings. The number of para-hydroxylation sites is 1. The molecule has 4 aromatic rings. The Morgan fingerprint density at radius 2 is 1.80 bits per heavy atom. The summed E-state index contributed by atoms with van der Waals surface area (Å²) < 4.78 is 0. The van der Waals surface area contributed by atoms with Crippen molar-refractivity contribution in [3.05, 3.63) is 60.9 Å². The van der Waals surface area contributed by atoms with Crippen molar-refractivity contribution < 1.29 is 0 Å². The summed E-state index contributed by atoms with van der Waals surface area (Å²) in [5.41, 5.74) is 1.94. The summed E-state index contributed by atoms with van der Waals surface area (Å²) in [7, 11) is 0. The van der Waals surface area contributed by atoms with Crippen LogP contribution in [-0.4, -0.2) is 37.4 Å². The molecule has 0 aliphatic heterocycles. The van der Waals surface area contributed by atoms with E-state index >= 15 is 0 Å². The van der Waals surface area contributed by atoms with Crippen LogP contribution in [-0.2, 0) is 0 Å². The second-order valence-corrected chi connectivity index (χ2v) is 6.43. The molecule has 4 rings (SSSR count). The Labute approximate surface area is 149 Å². The second kappa shape index (κ2) is 7.31. The van der Waals surface area contributed by atoms with Crippen LogP contribution in [0.25, 0.3) is 22.3 Å². The fraction of sp³-hybridized carbons (Fsp3) is 0.111.